The van der Waals surface area contributed by atoms with Gasteiger partial charge in [0, 0.05) is 4.47 Å². The smallest absolute Gasteiger partial charge is 0.407 e. The number of methoxy groups -OCH3 is 1. The normalized spacial score (nSPS) is 12.9. The van der Waals surface area contributed by atoms with Crippen LogP contribution in [0.2, 0.25) is 0 Å². The second-order valence-corrected chi connectivity index (χ2v) is 3.76. The molecule has 0 spiro atoms. The van der Waals surface area contributed by atoms with E-state index in [0.717, 1.165) is 0 Å². The summed E-state index contributed by atoms with van der Waals surface area (Å²) in [5.41, 5.74) is 5.05. The Bertz CT molecular complexity index is 359. The van der Waals surface area contributed by atoms with E-state index in [4.69, 9.17) is 10.5 Å². The van der Waals surface area contributed by atoms with Gasteiger partial charge in [0.1, 0.15) is 11.8 Å². The first kappa shape index (κ1) is 15.5. The summed E-state index contributed by atoms with van der Waals surface area (Å²) in [4.78, 5) is 0. The molecule has 92 valence electrons. The largest absolute Gasteiger partial charge is 0.497 e. The summed E-state index contributed by atoms with van der Waals surface area (Å²) in [6, 6.07) is 2.28. The molecule has 0 unspecified atom stereocenters. The lowest BCUT2D eigenvalue weighted by Crippen LogP contribution is -2.28. The zero-order chi connectivity index (χ0) is 11.6. The second-order valence-electron chi connectivity index (χ2n) is 2.91. The van der Waals surface area contributed by atoms with E-state index in [1.165, 1.54) is 19.2 Å². The third-order valence-corrected chi connectivity index (χ3v) is 2.61. The van der Waals surface area contributed by atoms with Crippen molar-refractivity contribution in [2.75, 3.05) is 7.11 Å². The first-order chi connectivity index (χ1) is 6.86. The maximum atomic E-state index is 12.4. The molecule has 1 aromatic rings. The highest BCUT2D eigenvalue weighted by Gasteiger charge is 2.38. The first-order valence-electron chi connectivity index (χ1n) is 4.02. The van der Waals surface area contributed by atoms with Crippen molar-refractivity contribution in [3.05, 3.63) is 28.2 Å². The van der Waals surface area contributed by atoms with Crippen LogP contribution in [0.3, 0.4) is 0 Å². The Balaban J connectivity index is 0.00000225. The van der Waals surface area contributed by atoms with Gasteiger partial charge in [-0.1, -0.05) is 15.9 Å². The first-order valence-corrected chi connectivity index (χ1v) is 4.81. The van der Waals surface area contributed by atoms with Gasteiger partial charge in [-0.3, -0.25) is 0 Å². The molecule has 2 N–H and O–H groups in total. The molecule has 2 nitrogen and oxygen atoms in total. The molecule has 1 aromatic carbocycles. The Morgan fingerprint density at radius 1 is 1.38 bits per heavy atom. The topological polar surface area (TPSA) is 35.2 Å². The lowest BCUT2D eigenvalue weighted by atomic mass is 10.1. The summed E-state index contributed by atoms with van der Waals surface area (Å²) < 4.78 is 42.2. The molecule has 16 heavy (non-hydrogen) atoms. The lowest BCUT2D eigenvalue weighted by molar-refractivity contribution is -0.149. The minimum atomic E-state index is -4.46. The SMILES string of the molecule is COc1ccc(Br)c([C@@H](N)C(F)(F)F)c1.Cl. The fourth-order valence-corrected chi connectivity index (χ4v) is 1.56. The van der Waals surface area contributed by atoms with Gasteiger partial charge < -0.3 is 10.5 Å². The summed E-state index contributed by atoms with van der Waals surface area (Å²) in [6.07, 6.45) is -4.46. The lowest BCUT2D eigenvalue weighted by Gasteiger charge is -2.17. The van der Waals surface area contributed by atoms with Gasteiger partial charge >= 0.3 is 6.18 Å². The van der Waals surface area contributed by atoms with Gasteiger partial charge in [0.2, 0.25) is 0 Å². The third-order valence-electron chi connectivity index (χ3n) is 1.89. The minimum absolute atomic E-state index is 0. The number of benzene rings is 1. The van der Waals surface area contributed by atoms with Gasteiger partial charge in [-0.2, -0.15) is 13.2 Å². The van der Waals surface area contributed by atoms with Gasteiger partial charge in [-0.15, -0.1) is 12.4 Å². The summed E-state index contributed by atoms with van der Waals surface area (Å²) >= 11 is 3.02. The van der Waals surface area contributed by atoms with E-state index < -0.39 is 12.2 Å². The molecule has 0 amide bonds. The van der Waals surface area contributed by atoms with E-state index in [1.807, 2.05) is 0 Å². The number of rotatable bonds is 2. The van der Waals surface area contributed by atoms with Gasteiger partial charge in [0.05, 0.1) is 7.11 Å². The molecule has 0 heterocycles. The zero-order valence-electron chi connectivity index (χ0n) is 8.22. The second kappa shape index (κ2) is 5.75. The zero-order valence-corrected chi connectivity index (χ0v) is 10.6. The molecule has 0 saturated heterocycles. The summed E-state index contributed by atoms with van der Waals surface area (Å²) in [7, 11) is 1.38. The van der Waals surface area contributed by atoms with E-state index in [0.29, 0.717) is 10.2 Å². The van der Waals surface area contributed by atoms with Crippen molar-refractivity contribution < 1.29 is 17.9 Å². The predicted octanol–water partition coefficient (Wildman–Crippen LogP) is 3.44. The number of nitrogens with two attached hydrogens (primary N) is 1. The van der Waals surface area contributed by atoms with Crippen molar-refractivity contribution >= 4 is 28.3 Å². The minimum Gasteiger partial charge on any atom is -0.497 e. The third kappa shape index (κ3) is 3.54. The van der Waals surface area contributed by atoms with Crippen molar-refractivity contribution in [1.29, 1.82) is 0 Å². The van der Waals surface area contributed by atoms with Gasteiger partial charge in [-0.05, 0) is 23.8 Å². The van der Waals surface area contributed by atoms with E-state index in [-0.39, 0.29) is 18.0 Å². The van der Waals surface area contributed by atoms with Gasteiger partial charge in [0.15, 0.2) is 0 Å². The highest BCUT2D eigenvalue weighted by atomic mass is 79.9. The highest BCUT2D eigenvalue weighted by Crippen LogP contribution is 2.35. The summed E-state index contributed by atoms with van der Waals surface area (Å²) in [5, 5.41) is 0. The van der Waals surface area contributed by atoms with Crippen LogP contribution in [0.1, 0.15) is 11.6 Å². The van der Waals surface area contributed by atoms with Crippen LogP contribution in [0.25, 0.3) is 0 Å². The van der Waals surface area contributed by atoms with E-state index in [2.05, 4.69) is 15.9 Å². The molecule has 0 fully saturated rings. The molecule has 7 heteroatoms. The Kier molecular flexibility index (Phi) is 5.58. The van der Waals surface area contributed by atoms with Crippen molar-refractivity contribution in [2.24, 2.45) is 5.73 Å². The van der Waals surface area contributed by atoms with E-state index >= 15 is 0 Å². The van der Waals surface area contributed by atoms with Crippen LogP contribution < -0.4 is 10.5 Å². The van der Waals surface area contributed by atoms with Crippen LogP contribution in [0.4, 0.5) is 13.2 Å². The predicted molar refractivity (Wildman–Crippen MR) is 60.9 cm³/mol. The van der Waals surface area contributed by atoms with Gasteiger partial charge in [0.25, 0.3) is 0 Å². The van der Waals surface area contributed by atoms with Crippen molar-refractivity contribution in [3.8, 4) is 5.75 Å². The van der Waals surface area contributed by atoms with Crippen LogP contribution in [-0.2, 0) is 0 Å². The molecular weight excluding hydrogens is 310 g/mol. The van der Waals surface area contributed by atoms with Crippen LogP contribution in [0.5, 0.6) is 5.75 Å². The Hall–Kier alpha value is -0.460. The molecule has 1 rings (SSSR count). The number of halogens is 5. The Morgan fingerprint density at radius 2 is 1.94 bits per heavy atom. The Labute approximate surface area is 105 Å². The van der Waals surface area contributed by atoms with Crippen LogP contribution >= 0.6 is 28.3 Å². The van der Waals surface area contributed by atoms with Crippen LogP contribution in [0.15, 0.2) is 22.7 Å². The molecule has 1 atom stereocenters. The van der Waals surface area contributed by atoms with Crippen LogP contribution in [0, 0.1) is 0 Å². The van der Waals surface area contributed by atoms with Gasteiger partial charge in [-0.25, -0.2) is 0 Å². The standard InChI is InChI=1S/C9H9BrF3NO.ClH/c1-15-5-2-3-7(10)6(4-5)8(14)9(11,12)13;/h2-4,8H,14H2,1H3;1H/t8-;/m1./s1. The van der Waals surface area contributed by atoms with Crippen molar-refractivity contribution in [3.63, 3.8) is 0 Å². The summed E-state index contributed by atoms with van der Waals surface area (Å²) in [5.74, 6) is 0.341. The maximum absolute atomic E-state index is 12.4. The average molecular weight is 321 g/mol. The van der Waals surface area contributed by atoms with Crippen molar-refractivity contribution in [1.82, 2.24) is 0 Å². The molecule has 0 bridgehead atoms. The number of hydrogen-bond acceptors (Lipinski definition) is 2. The average Bonchev–Trinajstić information content (AvgIpc) is 2.16. The summed E-state index contributed by atoms with van der Waals surface area (Å²) in [6.45, 7) is 0. The molecule has 0 aromatic heterocycles. The Morgan fingerprint density at radius 3 is 2.38 bits per heavy atom. The number of alkyl halides is 3. The number of ether oxygens (including phenoxy) is 1. The highest BCUT2D eigenvalue weighted by molar-refractivity contribution is 9.10. The fourth-order valence-electron chi connectivity index (χ4n) is 1.06. The van der Waals surface area contributed by atoms with E-state index in [9.17, 15) is 13.2 Å². The quantitative estimate of drug-likeness (QED) is 0.906. The maximum Gasteiger partial charge on any atom is 0.407 e. The molecule has 0 aliphatic rings. The fraction of sp³-hybridized carbons (Fsp3) is 0.333. The van der Waals surface area contributed by atoms with Crippen LogP contribution in [-0.4, -0.2) is 13.3 Å². The molecular formula is C9H10BrClF3NO. The van der Waals surface area contributed by atoms with Crippen molar-refractivity contribution in [2.45, 2.75) is 12.2 Å². The monoisotopic (exact) mass is 319 g/mol. The molecule has 0 radical (unpaired) electrons. The van der Waals surface area contributed by atoms with E-state index in [1.54, 1.807) is 6.07 Å². The molecule has 0 aliphatic carbocycles. The molecule has 0 saturated carbocycles. The molecule has 0 aliphatic heterocycles. The number of hydrogen-bond donors (Lipinski definition) is 1.